The Morgan fingerprint density at radius 1 is 1.26 bits per heavy atom. The summed E-state index contributed by atoms with van der Waals surface area (Å²) in [7, 11) is 0. The molecule has 0 saturated carbocycles. The van der Waals surface area contributed by atoms with Crippen LogP contribution in [0.1, 0.15) is 32.1 Å². The van der Waals surface area contributed by atoms with Gasteiger partial charge < -0.3 is 9.73 Å². The van der Waals surface area contributed by atoms with Crippen molar-refractivity contribution in [3.05, 3.63) is 46.4 Å². The lowest BCUT2D eigenvalue weighted by molar-refractivity contribution is 0.417. The molecule has 0 saturated heterocycles. The zero-order valence-corrected chi connectivity index (χ0v) is 12.6. The summed E-state index contributed by atoms with van der Waals surface area (Å²) in [6.45, 7) is 5.08. The van der Waals surface area contributed by atoms with Gasteiger partial charge >= 0.3 is 0 Å². The topological polar surface area (TPSA) is 25.2 Å². The van der Waals surface area contributed by atoms with Gasteiger partial charge in [-0.2, -0.15) is 0 Å². The van der Waals surface area contributed by atoms with Crippen LogP contribution < -0.4 is 5.32 Å². The first-order valence-corrected chi connectivity index (χ1v) is 7.23. The smallest absolute Gasteiger partial charge is 0.135 e. The maximum absolute atomic E-state index is 13.1. The first-order valence-electron chi connectivity index (χ1n) is 6.44. The van der Waals surface area contributed by atoms with Gasteiger partial charge in [0.1, 0.15) is 17.3 Å². The van der Waals surface area contributed by atoms with E-state index >= 15 is 0 Å². The fourth-order valence-corrected chi connectivity index (χ4v) is 2.61. The molecular weight excluding hydrogens is 309 g/mol. The minimum Gasteiger partial charge on any atom is -0.459 e. The molecule has 0 aliphatic heterocycles. The Hall–Kier alpha value is -1.13. The Morgan fingerprint density at radius 3 is 2.68 bits per heavy atom. The highest BCUT2D eigenvalue weighted by Gasteiger charge is 2.14. The van der Waals surface area contributed by atoms with Gasteiger partial charge in [-0.25, -0.2) is 4.39 Å². The second-order valence-electron chi connectivity index (χ2n) is 4.34. The van der Waals surface area contributed by atoms with Gasteiger partial charge in [0.05, 0.1) is 6.04 Å². The molecule has 0 radical (unpaired) electrons. The monoisotopic (exact) mass is 325 g/mol. The van der Waals surface area contributed by atoms with Crippen molar-refractivity contribution in [2.45, 2.75) is 26.3 Å². The van der Waals surface area contributed by atoms with Crippen LogP contribution in [0.2, 0.25) is 0 Å². The van der Waals surface area contributed by atoms with Crippen LogP contribution in [0.3, 0.4) is 0 Å². The fraction of sp³-hybridized carbons (Fsp3) is 0.333. The average molecular weight is 326 g/mol. The Labute approximate surface area is 121 Å². The second-order valence-corrected chi connectivity index (χ2v) is 5.20. The number of furan rings is 1. The van der Waals surface area contributed by atoms with Crippen LogP contribution in [0.5, 0.6) is 0 Å². The summed E-state index contributed by atoms with van der Waals surface area (Å²) in [5.41, 5.74) is 0.860. The lowest BCUT2D eigenvalue weighted by Gasteiger charge is -2.12. The molecule has 0 bridgehead atoms. The van der Waals surface area contributed by atoms with Crippen LogP contribution in [0.25, 0.3) is 11.3 Å². The average Bonchev–Trinajstić information content (AvgIpc) is 2.85. The SMILES string of the molecule is CCNC(CC)c1ccc(-c2ccc(F)cc2Br)o1. The fourth-order valence-electron chi connectivity index (χ4n) is 2.07. The highest BCUT2D eigenvalue weighted by Crippen LogP contribution is 2.32. The minimum atomic E-state index is -0.263. The van der Waals surface area contributed by atoms with Crippen molar-refractivity contribution in [1.29, 1.82) is 0 Å². The van der Waals surface area contributed by atoms with E-state index in [0.717, 1.165) is 30.0 Å². The van der Waals surface area contributed by atoms with Gasteiger partial charge in [0.15, 0.2) is 0 Å². The molecule has 1 atom stereocenters. The van der Waals surface area contributed by atoms with Crippen LogP contribution in [-0.4, -0.2) is 6.54 Å². The third-order valence-corrected chi connectivity index (χ3v) is 3.68. The maximum atomic E-state index is 13.1. The van der Waals surface area contributed by atoms with Gasteiger partial charge in [0.2, 0.25) is 0 Å². The molecule has 1 heterocycles. The molecular formula is C15H17BrFNO. The Bertz CT molecular complexity index is 553. The zero-order chi connectivity index (χ0) is 13.8. The lowest BCUT2D eigenvalue weighted by atomic mass is 10.1. The van der Waals surface area contributed by atoms with Gasteiger partial charge in [-0.15, -0.1) is 0 Å². The predicted octanol–water partition coefficient (Wildman–Crippen LogP) is 4.91. The van der Waals surface area contributed by atoms with E-state index in [2.05, 4.69) is 35.1 Å². The van der Waals surface area contributed by atoms with Gasteiger partial charge in [-0.1, -0.05) is 13.8 Å². The number of hydrogen-bond donors (Lipinski definition) is 1. The van der Waals surface area contributed by atoms with Crippen LogP contribution in [0.4, 0.5) is 4.39 Å². The highest BCUT2D eigenvalue weighted by molar-refractivity contribution is 9.10. The van der Waals surface area contributed by atoms with E-state index in [0.29, 0.717) is 4.47 Å². The molecule has 2 aromatic rings. The molecule has 1 aromatic heterocycles. The van der Waals surface area contributed by atoms with Crippen LogP contribution in [0.15, 0.2) is 39.2 Å². The number of nitrogens with one attached hydrogen (secondary N) is 1. The molecule has 2 rings (SSSR count). The molecule has 0 spiro atoms. The van der Waals surface area contributed by atoms with Gasteiger partial charge in [0, 0.05) is 10.0 Å². The van der Waals surface area contributed by atoms with Gasteiger partial charge in [-0.05, 0) is 59.2 Å². The number of rotatable bonds is 5. The summed E-state index contributed by atoms with van der Waals surface area (Å²) in [4.78, 5) is 0. The standard InChI is InChI=1S/C15H17BrFNO/c1-3-13(18-4-2)15-8-7-14(19-15)11-6-5-10(17)9-12(11)16/h5-9,13,18H,3-4H2,1-2H3. The third-order valence-electron chi connectivity index (χ3n) is 3.03. The van der Waals surface area contributed by atoms with Crippen molar-refractivity contribution in [3.63, 3.8) is 0 Å². The number of halogens is 2. The molecule has 1 aromatic carbocycles. The zero-order valence-electron chi connectivity index (χ0n) is 11.0. The molecule has 0 fully saturated rings. The van der Waals surface area contributed by atoms with E-state index in [1.54, 1.807) is 6.07 Å². The molecule has 0 aliphatic carbocycles. The van der Waals surface area contributed by atoms with Crippen molar-refractivity contribution in [1.82, 2.24) is 5.32 Å². The quantitative estimate of drug-likeness (QED) is 0.845. The van der Waals surface area contributed by atoms with Crippen LogP contribution in [0, 0.1) is 5.82 Å². The first kappa shape index (κ1) is 14.3. The normalized spacial score (nSPS) is 12.6. The summed E-state index contributed by atoms with van der Waals surface area (Å²) in [5.74, 6) is 1.40. The summed E-state index contributed by atoms with van der Waals surface area (Å²) in [5, 5.41) is 3.37. The molecule has 1 unspecified atom stereocenters. The van der Waals surface area contributed by atoms with E-state index in [1.807, 2.05) is 12.1 Å². The maximum Gasteiger partial charge on any atom is 0.135 e. The summed E-state index contributed by atoms with van der Waals surface area (Å²) >= 11 is 3.36. The second kappa shape index (κ2) is 6.35. The molecule has 2 nitrogen and oxygen atoms in total. The van der Waals surface area contributed by atoms with E-state index in [4.69, 9.17) is 4.42 Å². The van der Waals surface area contributed by atoms with E-state index < -0.39 is 0 Å². The molecule has 0 amide bonds. The van der Waals surface area contributed by atoms with Crippen LogP contribution in [-0.2, 0) is 0 Å². The Balaban J connectivity index is 2.29. The Morgan fingerprint density at radius 2 is 2.05 bits per heavy atom. The molecule has 4 heteroatoms. The summed E-state index contributed by atoms with van der Waals surface area (Å²) in [6.07, 6.45) is 0.964. The van der Waals surface area contributed by atoms with E-state index in [-0.39, 0.29) is 11.9 Å². The summed E-state index contributed by atoms with van der Waals surface area (Å²) in [6, 6.07) is 8.71. The van der Waals surface area contributed by atoms with Gasteiger partial charge in [-0.3, -0.25) is 0 Å². The lowest BCUT2D eigenvalue weighted by Crippen LogP contribution is -2.19. The first-order chi connectivity index (χ1) is 9.15. The molecule has 102 valence electrons. The Kier molecular flexibility index (Phi) is 4.77. The molecule has 1 N–H and O–H groups in total. The van der Waals surface area contributed by atoms with Crippen molar-refractivity contribution in [2.75, 3.05) is 6.54 Å². The highest BCUT2D eigenvalue weighted by atomic mass is 79.9. The number of hydrogen-bond acceptors (Lipinski definition) is 2. The molecule has 0 aliphatic rings. The predicted molar refractivity (Wildman–Crippen MR) is 78.5 cm³/mol. The van der Waals surface area contributed by atoms with E-state index in [9.17, 15) is 4.39 Å². The van der Waals surface area contributed by atoms with Crippen LogP contribution >= 0.6 is 15.9 Å². The van der Waals surface area contributed by atoms with E-state index in [1.165, 1.54) is 12.1 Å². The minimum absolute atomic E-state index is 0.220. The van der Waals surface area contributed by atoms with Crippen molar-refractivity contribution in [3.8, 4) is 11.3 Å². The third kappa shape index (κ3) is 3.25. The van der Waals surface area contributed by atoms with Crippen molar-refractivity contribution in [2.24, 2.45) is 0 Å². The number of benzene rings is 1. The summed E-state index contributed by atoms with van der Waals surface area (Å²) < 4.78 is 19.7. The largest absolute Gasteiger partial charge is 0.459 e. The van der Waals surface area contributed by atoms with Gasteiger partial charge in [0.25, 0.3) is 0 Å². The van der Waals surface area contributed by atoms with Crippen molar-refractivity contribution >= 4 is 15.9 Å². The van der Waals surface area contributed by atoms with Crippen molar-refractivity contribution < 1.29 is 8.81 Å². The molecule has 19 heavy (non-hydrogen) atoms.